The van der Waals surface area contributed by atoms with Gasteiger partial charge in [-0.3, -0.25) is 9.18 Å². The van der Waals surface area contributed by atoms with Gasteiger partial charge in [0.2, 0.25) is 5.91 Å². The van der Waals surface area contributed by atoms with E-state index in [9.17, 15) is 13.6 Å². The second kappa shape index (κ2) is 9.87. The Labute approximate surface area is 174 Å². The Kier molecular flexibility index (Phi) is 7.01. The number of rotatable bonds is 8. The van der Waals surface area contributed by atoms with Crippen LogP contribution in [-0.2, 0) is 17.8 Å². The number of hydrogen-bond acceptors (Lipinski definition) is 3. The Balaban J connectivity index is 2.01. The molecule has 0 N–H and O–H groups in total. The zero-order valence-corrected chi connectivity index (χ0v) is 16.9. The summed E-state index contributed by atoms with van der Waals surface area (Å²) < 4.78 is 38.3. The summed E-state index contributed by atoms with van der Waals surface area (Å²) in [7, 11) is 1.54. The predicted molar refractivity (Wildman–Crippen MR) is 112 cm³/mol. The Morgan fingerprint density at radius 2 is 1.73 bits per heavy atom. The van der Waals surface area contributed by atoms with Crippen LogP contribution in [0.15, 0.2) is 66.7 Å². The largest absolute Gasteiger partial charge is 0.497 e. The standard InChI is InChI=1S/C24H23F2NO3/c1-17(28)27(16-19-14-22(29-2)10-8-18(19)12-13-25)23-15-20(26)9-11-24(23)30-21-6-4-3-5-7-21/h3-11,14-15H,12-13,16H2,1-2H3/i26-1. The summed E-state index contributed by atoms with van der Waals surface area (Å²) in [6.45, 7) is 0.990. The lowest BCUT2D eigenvalue weighted by molar-refractivity contribution is -0.116. The highest BCUT2D eigenvalue weighted by atomic mass is 19.1. The van der Waals surface area contributed by atoms with Gasteiger partial charge in [0.1, 0.15) is 17.3 Å². The minimum atomic E-state index is -0.526. The van der Waals surface area contributed by atoms with Gasteiger partial charge >= 0.3 is 0 Å². The molecule has 0 fully saturated rings. The summed E-state index contributed by atoms with van der Waals surface area (Å²) in [5, 5.41) is 0. The van der Waals surface area contributed by atoms with Gasteiger partial charge < -0.3 is 14.4 Å². The van der Waals surface area contributed by atoms with E-state index in [2.05, 4.69) is 0 Å². The molecule has 3 aromatic carbocycles. The normalized spacial score (nSPS) is 10.5. The summed E-state index contributed by atoms with van der Waals surface area (Å²) in [4.78, 5) is 13.9. The van der Waals surface area contributed by atoms with E-state index in [0.717, 1.165) is 11.1 Å². The fraction of sp³-hybridized carbons (Fsp3) is 0.208. The van der Waals surface area contributed by atoms with Gasteiger partial charge in [-0.25, -0.2) is 4.39 Å². The molecule has 0 unspecified atom stereocenters. The molecular weight excluding hydrogens is 387 g/mol. The van der Waals surface area contributed by atoms with Gasteiger partial charge in [-0.05, 0) is 47.5 Å². The van der Waals surface area contributed by atoms with Crippen molar-refractivity contribution >= 4 is 11.6 Å². The molecule has 0 saturated carbocycles. The number of nitrogens with zero attached hydrogens (tertiary/aromatic N) is 1. The molecular formula is C24H23F2NO3. The van der Waals surface area contributed by atoms with Gasteiger partial charge in [0, 0.05) is 19.4 Å². The van der Waals surface area contributed by atoms with Crippen molar-refractivity contribution in [3.05, 3.63) is 83.7 Å². The van der Waals surface area contributed by atoms with Crippen LogP contribution in [0.4, 0.5) is 14.5 Å². The number of carbonyl (C=O) groups is 1. The minimum Gasteiger partial charge on any atom is -0.497 e. The van der Waals surface area contributed by atoms with Crippen LogP contribution < -0.4 is 14.4 Å². The van der Waals surface area contributed by atoms with Crippen molar-refractivity contribution in [2.24, 2.45) is 0 Å². The Bertz CT molecular complexity index is 1010. The minimum absolute atomic E-state index is 0.121. The SMILES string of the molecule is COc1ccc(CCF)c(CN(C(C)=O)c2cc([18F])ccc2Oc2ccccc2)c1. The van der Waals surface area contributed by atoms with Crippen molar-refractivity contribution < 1.29 is 23.0 Å². The number of anilines is 1. The van der Waals surface area contributed by atoms with E-state index in [4.69, 9.17) is 9.47 Å². The lowest BCUT2D eigenvalue weighted by Crippen LogP contribution is -2.29. The number of carbonyl (C=O) groups excluding carboxylic acids is 1. The molecule has 1 amide bonds. The maximum Gasteiger partial charge on any atom is 0.224 e. The maximum absolute atomic E-state index is 14.1. The van der Waals surface area contributed by atoms with Gasteiger partial charge in [-0.2, -0.15) is 0 Å². The first-order valence-electron chi connectivity index (χ1n) is 9.54. The van der Waals surface area contributed by atoms with Gasteiger partial charge in [-0.15, -0.1) is 0 Å². The van der Waals surface area contributed by atoms with Gasteiger partial charge in [0.15, 0.2) is 5.75 Å². The summed E-state index contributed by atoms with van der Waals surface area (Å²) in [6.07, 6.45) is 0.210. The molecule has 0 spiro atoms. The first-order chi connectivity index (χ1) is 14.5. The van der Waals surface area contributed by atoms with E-state index in [1.54, 1.807) is 30.3 Å². The molecule has 0 aliphatic carbocycles. The van der Waals surface area contributed by atoms with Crippen LogP contribution in [0, 0.1) is 5.82 Å². The monoisotopic (exact) mass is 410 g/mol. The Morgan fingerprint density at radius 1 is 0.967 bits per heavy atom. The molecule has 0 aliphatic heterocycles. The van der Waals surface area contributed by atoms with Crippen LogP contribution in [-0.4, -0.2) is 19.7 Å². The van der Waals surface area contributed by atoms with Crippen LogP contribution in [0.3, 0.4) is 0 Å². The van der Waals surface area contributed by atoms with Crippen LogP contribution >= 0.6 is 0 Å². The van der Waals surface area contributed by atoms with Crippen molar-refractivity contribution in [2.45, 2.75) is 19.9 Å². The third-order valence-electron chi connectivity index (χ3n) is 4.67. The second-order valence-electron chi connectivity index (χ2n) is 6.71. The van der Waals surface area contributed by atoms with Gasteiger partial charge in [0.25, 0.3) is 0 Å². The molecule has 0 bridgehead atoms. The number of hydrogen-bond donors (Lipinski definition) is 0. The summed E-state index contributed by atoms with van der Waals surface area (Å²) in [5.74, 6) is 0.705. The van der Waals surface area contributed by atoms with E-state index in [0.29, 0.717) is 22.9 Å². The summed E-state index contributed by atoms with van der Waals surface area (Å²) in [6, 6.07) is 18.3. The molecule has 30 heavy (non-hydrogen) atoms. The number of para-hydroxylation sites is 1. The number of aryl methyl sites for hydroxylation is 1. The molecule has 3 aromatic rings. The third-order valence-corrected chi connectivity index (χ3v) is 4.67. The van der Waals surface area contributed by atoms with E-state index in [1.165, 1.54) is 37.1 Å². The topological polar surface area (TPSA) is 38.8 Å². The van der Waals surface area contributed by atoms with Gasteiger partial charge in [-0.1, -0.05) is 24.3 Å². The van der Waals surface area contributed by atoms with Crippen molar-refractivity contribution in [1.29, 1.82) is 0 Å². The average molecular weight is 410 g/mol. The average Bonchev–Trinajstić information content (AvgIpc) is 2.75. The van der Waals surface area contributed by atoms with Crippen LogP contribution in [0.1, 0.15) is 18.1 Å². The highest BCUT2D eigenvalue weighted by Gasteiger charge is 2.20. The highest BCUT2D eigenvalue weighted by Crippen LogP contribution is 2.35. The summed E-state index contributed by atoms with van der Waals surface area (Å²) >= 11 is 0. The second-order valence-corrected chi connectivity index (χ2v) is 6.71. The summed E-state index contributed by atoms with van der Waals surface area (Å²) in [5.41, 5.74) is 1.77. The Hall–Kier alpha value is -3.41. The number of alkyl halides is 1. The molecule has 0 heterocycles. The molecule has 3 rings (SSSR count). The van der Waals surface area contributed by atoms with E-state index in [1.807, 2.05) is 18.2 Å². The molecule has 0 aliphatic rings. The lowest BCUT2D eigenvalue weighted by atomic mass is 10.0. The molecule has 4 nitrogen and oxygen atoms in total. The van der Waals surface area contributed by atoms with E-state index >= 15 is 0 Å². The first kappa shape index (κ1) is 21.3. The van der Waals surface area contributed by atoms with Crippen molar-refractivity contribution in [2.75, 3.05) is 18.7 Å². The van der Waals surface area contributed by atoms with Gasteiger partial charge in [0.05, 0.1) is 26.0 Å². The Morgan fingerprint density at radius 3 is 2.40 bits per heavy atom. The number of ether oxygens (including phenoxy) is 2. The number of benzene rings is 3. The first-order valence-corrected chi connectivity index (χ1v) is 9.54. The zero-order valence-electron chi connectivity index (χ0n) is 16.9. The quantitative estimate of drug-likeness (QED) is 0.479. The third kappa shape index (κ3) is 5.14. The maximum atomic E-state index is 14.1. The van der Waals surface area contributed by atoms with Crippen LogP contribution in [0.5, 0.6) is 17.2 Å². The van der Waals surface area contributed by atoms with E-state index < -0.39 is 12.5 Å². The molecule has 0 radical (unpaired) electrons. The van der Waals surface area contributed by atoms with Crippen molar-refractivity contribution in [3.63, 3.8) is 0 Å². The number of amides is 1. The molecule has 156 valence electrons. The predicted octanol–water partition coefficient (Wildman–Crippen LogP) is 5.69. The van der Waals surface area contributed by atoms with Crippen molar-refractivity contribution in [1.82, 2.24) is 0 Å². The lowest BCUT2D eigenvalue weighted by Gasteiger charge is -2.25. The zero-order chi connectivity index (χ0) is 21.5. The molecule has 0 atom stereocenters. The highest BCUT2D eigenvalue weighted by molar-refractivity contribution is 5.93. The molecule has 0 saturated heterocycles. The number of halogens is 2. The van der Waals surface area contributed by atoms with E-state index in [-0.39, 0.29) is 18.9 Å². The van der Waals surface area contributed by atoms with Crippen molar-refractivity contribution in [3.8, 4) is 17.2 Å². The molecule has 6 heteroatoms. The number of methoxy groups -OCH3 is 1. The van der Waals surface area contributed by atoms with Crippen LogP contribution in [0.25, 0.3) is 0 Å². The fourth-order valence-electron chi connectivity index (χ4n) is 3.16. The molecule has 0 aromatic heterocycles. The fourth-order valence-corrected chi connectivity index (χ4v) is 3.16. The smallest absolute Gasteiger partial charge is 0.224 e. The van der Waals surface area contributed by atoms with Crippen LogP contribution in [0.2, 0.25) is 0 Å².